The Morgan fingerprint density at radius 3 is 2.45 bits per heavy atom. The van der Waals surface area contributed by atoms with Gasteiger partial charge in [-0.05, 0) is 42.8 Å². The maximum atomic E-state index is 13.3. The lowest BCUT2D eigenvalue weighted by Crippen LogP contribution is -2.44. The fourth-order valence-electron chi connectivity index (χ4n) is 3.52. The molecule has 1 aliphatic heterocycles. The number of halogens is 2. The number of nitrogens with one attached hydrogen (secondary N) is 1. The van der Waals surface area contributed by atoms with Crippen LogP contribution >= 0.6 is 23.2 Å². The van der Waals surface area contributed by atoms with Crippen LogP contribution in [0.1, 0.15) is 24.5 Å². The number of urea groups is 1. The summed E-state index contributed by atoms with van der Waals surface area (Å²) in [6.45, 7) is 2.45. The standard InChI is InChI=1S/C21H23Cl2N3O3/c1-4-21(15-8-10-16(29-3)11-9-15)19(27)26(20(28)24-21)13-25(2)12-14-6-5-7-17(22)18(14)23/h5-11H,4,12-13H2,1-3H3,(H,24,28). The maximum Gasteiger partial charge on any atom is 0.326 e. The molecular weight excluding hydrogens is 413 g/mol. The van der Waals surface area contributed by atoms with Crippen LogP contribution in [0.2, 0.25) is 10.0 Å². The summed E-state index contributed by atoms with van der Waals surface area (Å²) in [6, 6.07) is 12.1. The van der Waals surface area contributed by atoms with Crippen LogP contribution in [-0.2, 0) is 16.9 Å². The number of hydrogen-bond donors (Lipinski definition) is 1. The predicted molar refractivity (Wildman–Crippen MR) is 113 cm³/mol. The smallest absolute Gasteiger partial charge is 0.326 e. The molecule has 1 N–H and O–H groups in total. The molecule has 0 saturated carbocycles. The Bertz CT molecular complexity index is 920. The highest BCUT2D eigenvalue weighted by atomic mass is 35.5. The third kappa shape index (κ3) is 4.06. The average molecular weight is 436 g/mol. The first kappa shape index (κ1) is 21.4. The number of rotatable bonds is 7. The maximum absolute atomic E-state index is 13.3. The molecule has 154 valence electrons. The Morgan fingerprint density at radius 1 is 1.14 bits per heavy atom. The molecule has 2 aromatic rings. The van der Waals surface area contributed by atoms with E-state index in [4.69, 9.17) is 27.9 Å². The number of carbonyl (C=O) groups is 2. The van der Waals surface area contributed by atoms with Crippen molar-refractivity contribution in [3.63, 3.8) is 0 Å². The summed E-state index contributed by atoms with van der Waals surface area (Å²) >= 11 is 12.3. The van der Waals surface area contributed by atoms with Crippen molar-refractivity contribution in [1.82, 2.24) is 15.1 Å². The van der Waals surface area contributed by atoms with Gasteiger partial charge in [0.2, 0.25) is 0 Å². The number of nitrogens with zero attached hydrogens (tertiary/aromatic N) is 2. The van der Waals surface area contributed by atoms with Gasteiger partial charge < -0.3 is 10.1 Å². The number of amides is 3. The van der Waals surface area contributed by atoms with Gasteiger partial charge in [-0.25, -0.2) is 9.69 Å². The van der Waals surface area contributed by atoms with Gasteiger partial charge in [0.15, 0.2) is 0 Å². The second-order valence-corrected chi connectivity index (χ2v) is 7.80. The molecule has 3 amide bonds. The molecule has 1 aliphatic rings. The number of hydrogen-bond acceptors (Lipinski definition) is 4. The molecule has 1 heterocycles. The lowest BCUT2D eigenvalue weighted by atomic mass is 9.87. The van der Waals surface area contributed by atoms with Gasteiger partial charge in [0.25, 0.3) is 5.91 Å². The number of carbonyl (C=O) groups excluding carboxylic acids is 2. The molecular formula is C21H23Cl2N3O3. The van der Waals surface area contributed by atoms with Gasteiger partial charge in [0.05, 0.1) is 23.8 Å². The van der Waals surface area contributed by atoms with Crippen LogP contribution in [-0.4, -0.2) is 42.6 Å². The summed E-state index contributed by atoms with van der Waals surface area (Å²) in [4.78, 5) is 29.0. The zero-order chi connectivity index (χ0) is 21.2. The quantitative estimate of drug-likeness (QED) is 0.660. The molecule has 0 bridgehead atoms. The van der Waals surface area contributed by atoms with Crippen LogP contribution in [0.3, 0.4) is 0 Å². The minimum Gasteiger partial charge on any atom is -0.497 e. The van der Waals surface area contributed by atoms with Gasteiger partial charge in [-0.1, -0.05) is 54.4 Å². The Hall–Kier alpha value is -2.28. The van der Waals surface area contributed by atoms with Crippen molar-refractivity contribution in [2.75, 3.05) is 20.8 Å². The van der Waals surface area contributed by atoms with Crippen molar-refractivity contribution in [3.8, 4) is 5.75 Å². The van der Waals surface area contributed by atoms with Crippen LogP contribution in [0.4, 0.5) is 4.79 Å². The van der Waals surface area contributed by atoms with Gasteiger partial charge in [0, 0.05) is 6.54 Å². The second-order valence-electron chi connectivity index (χ2n) is 7.02. The van der Waals surface area contributed by atoms with Gasteiger partial charge in [0.1, 0.15) is 11.3 Å². The minimum atomic E-state index is -1.09. The van der Waals surface area contributed by atoms with Crippen molar-refractivity contribution in [1.29, 1.82) is 0 Å². The number of imide groups is 1. The van der Waals surface area contributed by atoms with E-state index < -0.39 is 11.6 Å². The van der Waals surface area contributed by atoms with Crippen molar-refractivity contribution < 1.29 is 14.3 Å². The number of ether oxygens (including phenoxy) is 1. The van der Waals surface area contributed by atoms with Crippen LogP contribution in [0.15, 0.2) is 42.5 Å². The molecule has 0 spiro atoms. The summed E-state index contributed by atoms with van der Waals surface area (Å²) < 4.78 is 5.19. The van der Waals surface area contributed by atoms with Crippen LogP contribution in [0.25, 0.3) is 0 Å². The van der Waals surface area contributed by atoms with E-state index in [1.54, 1.807) is 37.4 Å². The van der Waals surface area contributed by atoms with E-state index in [0.717, 1.165) is 11.1 Å². The summed E-state index contributed by atoms with van der Waals surface area (Å²) in [6.07, 6.45) is 0.435. The molecule has 0 radical (unpaired) electrons. The highest BCUT2D eigenvalue weighted by Gasteiger charge is 2.51. The number of benzene rings is 2. The Kier molecular flexibility index (Phi) is 6.36. The molecule has 0 aromatic heterocycles. The van der Waals surface area contributed by atoms with E-state index in [2.05, 4.69) is 5.32 Å². The molecule has 0 aliphatic carbocycles. The first-order chi connectivity index (χ1) is 13.8. The SMILES string of the molecule is CCC1(c2ccc(OC)cc2)NC(=O)N(CN(C)Cc2cccc(Cl)c2Cl)C1=O. The molecule has 8 heteroatoms. The van der Waals surface area contributed by atoms with E-state index in [-0.39, 0.29) is 12.6 Å². The van der Waals surface area contributed by atoms with E-state index in [9.17, 15) is 9.59 Å². The highest BCUT2D eigenvalue weighted by molar-refractivity contribution is 6.42. The molecule has 1 atom stereocenters. The second kappa shape index (κ2) is 8.61. The summed E-state index contributed by atoms with van der Waals surface area (Å²) in [5, 5.41) is 3.82. The van der Waals surface area contributed by atoms with E-state index in [0.29, 0.717) is 28.8 Å². The first-order valence-corrected chi connectivity index (χ1v) is 9.98. The van der Waals surface area contributed by atoms with E-state index in [1.807, 2.05) is 31.0 Å². The molecule has 29 heavy (non-hydrogen) atoms. The van der Waals surface area contributed by atoms with Crippen molar-refractivity contribution in [3.05, 3.63) is 63.6 Å². The molecule has 1 unspecified atom stereocenters. The monoisotopic (exact) mass is 435 g/mol. The number of methoxy groups -OCH3 is 1. The fourth-order valence-corrected chi connectivity index (χ4v) is 3.90. The highest BCUT2D eigenvalue weighted by Crippen LogP contribution is 2.33. The van der Waals surface area contributed by atoms with Crippen LogP contribution in [0.5, 0.6) is 5.75 Å². The topological polar surface area (TPSA) is 61.9 Å². The average Bonchev–Trinajstić information content (AvgIpc) is 2.96. The normalized spacial score (nSPS) is 19.0. The largest absolute Gasteiger partial charge is 0.497 e. The van der Waals surface area contributed by atoms with E-state index >= 15 is 0 Å². The molecule has 1 saturated heterocycles. The third-order valence-electron chi connectivity index (χ3n) is 5.14. The Balaban J connectivity index is 1.79. The van der Waals surface area contributed by atoms with Gasteiger partial charge >= 0.3 is 6.03 Å². The van der Waals surface area contributed by atoms with Gasteiger partial charge in [-0.15, -0.1) is 0 Å². The summed E-state index contributed by atoms with van der Waals surface area (Å²) in [5.41, 5.74) is 0.463. The van der Waals surface area contributed by atoms with Crippen molar-refractivity contribution in [2.45, 2.75) is 25.4 Å². The van der Waals surface area contributed by atoms with E-state index in [1.165, 1.54) is 4.90 Å². The van der Waals surface area contributed by atoms with Gasteiger partial charge in [-0.2, -0.15) is 0 Å². The van der Waals surface area contributed by atoms with Crippen molar-refractivity contribution >= 4 is 35.1 Å². The first-order valence-electron chi connectivity index (χ1n) is 9.22. The lowest BCUT2D eigenvalue weighted by Gasteiger charge is -2.27. The van der Waals surface area contributed by atoms with Crippen molar-refractivity contribution in [2.24, 2.45) is 0 Å². The molecule has 1 fully saturated rings. The van der Waals surface area contributed by atoms with Crippen LogP contribution in [0, 0.1) is 0 Å². The minimum absolute atomic E-state index is 0.130. The summed E-state index contributed by atoms with van der Waals surface area (Å²) in [5.74, 6) is 0.408. The predicted octanol–water partition coefficient (Wildman–Crippen LogP) is 4.25. The molecule has 3 rings (SSSR count). The Morgan fingerprint density at radius 2 is 1.83 bits per heavy atom. The van der Waals surface area contributed by atoms with Crippen LogP contribution < -0.4 is 10.1 Å². The zero-order valence-electron chi connectivity index (χ0n) is 16.5. The third-order valence-corrected chi connectivity index (χ3v) is 6.00. The fraction of sp³-hybridized carbons (Fsp3) is 0.333. The lowest BCUT2D eigenvalue weighted by molar-refractivity contribution is -0.133. The Labute approximate surface area is 180 Å². The summed E-state index contributed by atoms with van der Waals surface area (Å²) in [7, 11) is 3.40. The zero-order valence-corrected chi connectivity index (χ0v) is 18.0. The molecule has 6 nitrogen and oxygen atoms in total. The van der Waals surface area contributed by atoms with Gasteiger partial charge in [-0.3, -0.25) is 9.69 Å². The molecule has 2 aromatic carbocycles.